The van der Waals surface area contributed by atoms with E-state index in [1.165, 1.54) is 27.9 Å². The van der Waals surface area contributed by atoms with Gasteiger partial charge in [0.05, 0.1) is 35.4 Å². The van der Waals surface area contributed by atoms with E-state index >= 15 is 4.39 Å². The molecule has 9 nitrogen and oxygen atoms in total. The fraction of sp³-hybridized carbons (Fsp3) is 0.500. The molecule has 0 N–H and O–H groups in total. The van der Waals surface area contributed by atoms with Gasteiger partial charge in [-0.1, -0.05) is 26.0 Å². The molecule has 0 amide bonds. The summed E-state index contributed by atoms with van der Waals surface area (Å²) in [5.74, 6) is 0.453. The first-order valence-corrected chi connectivity index (χ1v) is 14.3. The normalized spacial score (nSPS) is 20.5. The van der Waals surface area contributed by atoms with Crippen LogP contribution in [0.1, 0.15) is 42.5 Å². The number of likely N-dealkylation sites (N-methyl/N-ethyl adjacent to an activating group) is 1. The molecule has 2 atom stereocenters. The molecule has 2 aliphatic heterocycles. The molecule has 0 unspecified atom stereocenters. The molecule has 3 aromatic heterocycles. The Labute approximate surface area is 246 Å². The summed E-state index contributed by atoms with van der Waals surface area (Å²) in [6, 6.07) is 7.99. The van der Waals surface area contributed by atoms with Crippen LogP contribution in [0, 0.1) is 5.92 Å². The van der Waals surface area contributed by atoms with E-state index in [0.717, 1.165) is 30.1 Å². The first-order chi connectivity index (χ1) is 20.4. The number of piperazine rings is 1. The van der Waals surface area contributed by atoms with Crippen LogP contribution in [-0.4, -0.2) is 79.5 Å². The molecule has 1 aromatic carbocycles. The number of hydrogen-bond donors (Lipinski definition) is 0. The van der Waals surface area contributed by atoms with Gasteiger partial charge in [-0.3, -0.25) is 13.9 Å². The minimum atomic E-state index is -4.67. The first kappa shape index (κ1) is 29.5. The molecule has 2 saturated heterocycles. The highest BCUT2D eigenvalue weighted by Gasteiger charge is 2.50. The van der Waals surface area contributed by atoms with Crippen molar-refractivity contribution in [3.05, 3.63) is 82.1 Å². The third-order valence-corrected chi connectivity index (χ3v) is 8.90. The summed E-state index contributed by atoms with van der Waals surface area (Å²) in [5.41, 5.74) is -1.52. The van der Waals surface area contributed by atoms with Crippen LogP contribution in [0.5, 0.6) is 0 Å². The van der Waals surface area contributed by atoms with Crippen molar-refractivity contribution in [2.45, 2.75) is 44.2 Å². The van der Waals surface area contributed by atoms with Crippen LogP contribution in [0.3, 0.4) is 0 Å². The number of alkyl halides is 4. The van der Waals surface area contributed by atoms with Crippen molar-refractivity contribution in [2.24, 2.45) is 13.0 Å². The molecule has 0 spiro atoms. The molecular formula is C30H35F4N7O2. The van der Waals surface area contributed by atoms with Crippen molar-refractivity contribution in [2.75, 3.05) is 39.9 Å². The second-order valence-electron chi connectivity index (χ2n) is 12.2. The van der Waals surface area contributed by atoms with Crippen LogP contribution in [0.25, 0.3) is 11.2 Å². The molecule has 230 valence electrons. The second kappa shape index (κ2) is 10.9. The first-order valence-electron chi connectivity index (χ1n) is 14.3. The van der Waals surface area contributed by atoms with Gasteiger partial charge in [0.25, 0.3) is 0 Å². The fourth-order valence-electron chi connectivity index (χ4n) is 6.31. The van der Waals surface area contributed by atoms with Gasteiger partial charge >= 0.3 is 11.9 Å². The smallest absolute Gasteiger partial charge is 0.379 e. The van der Waals surface area contributed by atoms with Crippen LogP contribution in [0.15, 0.2) is 53.8 Å². The Morgan fingerprint density at radius 2 is 1.88 bits per heavy atom. The topological polar surface area (TPSA) is 72.8 Å². The zero-order chi connectivity index (χ0) is 30.7. The molecule has 43 heavy (non-hydrogen) atoms. The minimum absolute atomic E-state index is 0.0857. The number of halogens is 4. The molecule has 5 heterocycles. The molecular weight excluding hydrogens is 566 g/mol. The van der Waals surface area contributed by atoms with Gasteiger partial charge in [-0.25, -0.2) is 9.18 Å². The Morgan fingerprint density at radius 1 is 1.12 bits per heavy atom. The summed E-state index contributed by atoms with van der Waals surface area (Å²) in [6.45, 7) is 7.04. The number of nitrogens with zero attached hydrogens (tertiary/aromatic N) is 7. The lowest BCUT2D eigenvalue weighted by Gasteiger charge is -2.43. The maximum atomic E-state index is 15.9. The van der Waals surface area contributed by atoms with Gasteiger partial charge in [-0.2, -0.15) is 13.2 Å². The van der Waals surface area contributed by atoms with Gasteiger partial charge in [0.1, 0.15) is 6.33 Å². The Kier molecular flexibility index (Phi) is 7.46. The zero-order valence-electron chi connectivity index (χ0n) is 24.6. The Bertz CT molecular complexity index is 1690. The molecule has 2 fully saturated rings. The number of fused-ring (bicyclic) bond motifs is 1. The average molecular weight is 602 g/mol. The predicted molar refractivity (Wildman–Crippen MR) is 152 cm³/mol. The van der Waals surface area contributed by atoms with Crippen molar-refractivity contribution in [3.8, 4) is 5.69 Å². The van der Waals surface area contributed by atoms with E-state index in [1.807, 2.05) is 7.05 Å². The molecule has 0 saturated carbocycles. The maximum absolute atomic E-state index is 15.9. The number of benzene rings is 1. The number of imidazole rings is 1. The molecule has 4 aromatic rings. The summed E-state index contributed by atoms with van der Waals surface area (Å²) in [4.78, 5) is 18.1. The van der Waals surface area contributed by atoms with Gasteiger partial charge in [0.2, 0.25) is 0 Å². The Balaban J connectivity index is 1.41. The quantitative estimate of drug-likeness (QED) is 0.299. The molecule has 6 rings (SSSR count). The predicted octanol–water partition coefficient (Wildman–Crippen LogP) is 3.99. The zero-order valence-corrected chi connectivity index (χ0v) is 24.6. The lowest BCUT2D eigenvalue weighted by molar-refractivity contribution is -0.136. The van der Waals surface area contributed by atoms with Crippen molar-refractivity contribution in [1.29, 1.82) is 0 Å². The summed E-state index contributed by atoms with van der Waals surface area (Å²) < 4.78 is 68.3. The van der Waals surface area contributed by atoms with Crippen molar-refractivity contribution >= 4 is 5.52 Å². The molecule has 2 aliphatic rings. The van der Waals surface area contributed by atoms with E-state index in [4.69, 9.17) is 4.74 Å². The monoisotopic (exact) mass is 601 g/mol. The third kappa shape index (κ3) is 5.17. The lowest BCUT2D eigenvalue weighted by atomic mass is 9.74. The molecule has 0 bridgehead atoms. The highest BCUT2D eigenvalue weighted by Crippen LogP contribution is 2.45. The number of rotatable bonds is 7. The highest BCUT2D eigenvalue weighted by atomic mass is 19.4. The van der Waals surface area contributed by atoms with Gasteiger partial charge < -0.3 is 14.2 Å². The van der Waals surface area contributed by atoms with E-state index < -0.39 is 29.0 Å². The number of hydrogen-bond acceptors (Lipinski definition) is 6. The van der Waals surface area contributed by atoms with E-state index in [1.54, 1.807) is 31.3 Å². The number of aryl methyl sites for hydroxylation is 1. The van der Waals surface area contributed by atoms with Gasteiger partial charge in [0.15, 0.2) is 12.0 Å². The van der Waals surface area contributed by atoms with Crippen LogP contribution in [-0.2, 0) is 29.9 Å². The summed E-state index contributed by atoms with van der Waals surface area (Å²) in [5, 5.41) is 7.71. The van der Waals surface area contributed by atoms with Crippen molar-refractivity contribution in [1.82, 2.24) is 33.5 Å². The van der Waals surface area contributed by atoms with E-state index in [0.29, 0.717) is 29.3 Å². The Hall–Kier alpha value is -3.55. The molecule has 13 heteroatoms. The average Bonchev–Trinajstić information content (AvgIpc) is 3.51. The minimum Gasteiger partial charge on any atom is -0.379 e. The largest absolute Gasteiger partial charge is 0.418 e. The van der Waals surface area contributed by atoms with Gasteiger partial charge in [-0.05, 0) is 42.3 Å². The van der Waals surface area contributed by atoms with Crippen LogP contribution in [0.4, 0.5) is 17.6 Å². The Morgan fingerprint density at radius 3 is 2.51 bits per heavy atom. The third-order valence-electron chi connectivity index (χ3n) is 8.90. The SMILES string of the molecule is CC(C)[C@H]1CN(C)CCN1Cc1cc(C(F)(F)F)c2cn(-c3cccc(C4([C@@H](F)c5nncn5C)COC4)c3)c(=O)n2c1. The van der Waals surface area contributed by atoms with Crippen LogP contribution >= 0.6 is 0 Å². The molecule has 0 radical (unpaired) electrons. The van der Waals surface area contributed by atoms with E-state index in [2.05, 4.69) is 33.8 Å². The summed E-state index contributed by atoms with van der Waals surface area (Å²) in [7, 11) is 3.69. The van der Waals surface area contributed by atoms with E-state index in [-0.39, 0.29) is 30.6 Å². The highest BCUT2D eigenvalue weighted by molar-refractivity contribution is 5.58. The van der Waals surface area contributed by atoms with Gasteiger partial charge in [0, 0.05) is 51.7 Å². The standard InChI is InChI=1S/C30H35F4N7O2/c1-19(2)24-14-37(3)8-9-39(24)12-20-10-23(30(32,33)34)25-15-40(28(42)41(25)13-20)22-7-5-6-21(11-22)29(16-43-17-29)26(31)27-36-35-18-38(27)4/h5-7,10-11,13,15,18-19,24,26H,8-9,12,14,16-17H2,1-4H3/t24-,26+/m1/s1. The maximum Gasteiger partial charge on any atom is 0.418 e. The van der Waals surface area contributed by atoms with E-state index in [9.17, 15) is 18.0 Å². The summed E-state index contributed by atoms with van der Waals surface area (Å²) >= 11 is 0. The summed E-state index contributed by atoms with van der Waals surface area (Å²) in [6.07, 6.45) is -2.09. The number of aromatic nitrogens is 5. The van der Waals surface area contributed by atoms with Crippen molar-refractivity contribution < 1.29 is 22.3 Å². The van der Waals surface area contributed by atoms with Gasteiger partial charge in [-0.15, -0.1) is 10.2 Å². The second-order valence-corrected chi connectivity index (χ2v) is 12.2. The number of pyridine rings is 1. The van der Waals surface area contributed by atoms with Crippen LogP contribution < -0.4 is 5.69 Å². The molecule has 0 aliphatic carbocycles. The lowest BCUT2D eigenvalue weighted by Crippen LogP contribution is -2.53. The fourth-order valence-corrected chi connectivity index (χ4v) is 6.31. The van der Waals surface area contributed by atoms with Crippen molar-refractivity contribution in [3.63, 3.8) is 0 Å². The number of ether oxygens (including phenoxy) is 1. The van der Waals surface area contributed by atoms with Crippen LogP contribution in [0.2, 0.25) is 0 Å².